The fraction of sp³-hybridized carbons (Fsp3) is 0.0526. The van der Waals surface area contributed by atoms with Crippen molar-refractivity contribution in [1.82, 2.24) is 4.98 Å². The van der Waals surface area contributed by atoms with Crippen LogP contribution in [0.3, 0.4) is 0 Å². The molecular formula is C19H15N3O2S. The number of aromatic hydroxyl groups is 1. The molecule has 3 aromatic rings. The Labute approximate surface area is 149 Å². The Kier molecular flexibility index (Phi) is 3.95. The smallest absolute Gasteiger partial charge is 0.231 e. The first-order chi connectivity index (χ1) is 12.2. The quantitative estimate of drug-likeness (QED) is 0.706. The van der Waals surface area contributed by atoms with Crippen LogP contribution in [0.5, 0.6) is 11.6 Å². The van der Waals surface area contributed by atoms with Crippen LogP contribution in [0.4, 0.5) is 16.5 Å². The third-order valence-corrected chi connectivity index (χ3v) is 4.73. The Morgan fingerprint density at radius 1 is 1.12 bits per heavy atom. The maximum atomic E-state index is 10.2. The molecule has 0 unspecified atom stereocenters. The topological polar surface area (TPSA) is 66.7 Å². The second kappa shape index (κ2) is 6.41. The molecular weight excluding hydrogens is 334 g/mol. The zero-order valence-electron chi connectivity index (χ0n) is 13.4. The highest BCUT2D eigenvalue weighted by Crippen LogP contribution is 2.37. The Hall–Kier alpha value is -3.12. The van der Waals surface area contributed by atoms with E-state index < -0.39 is 0 Å². The Morgan fingerprint density at radius 2 is 1.92 bits per heavy atom. The highest BCUT2D eigenvalue weighted by Gasteiger charge is 2.15. The van der Waals surface area contributed by atoms with Crippen LogP contribution in [0.15, 0.2) is 53.5 Å². The fourth-order valence-electron chi connectivity index (χ4n) is 2.63. The normalized spacial score (nSPS) is 13.9. The second-order valence-electron chi connectivity index (χ2n) is 5.41. The number of aliphatic imine (C=N–C) groups is 1. The van der Waals surface area contributed by atoms with Crippen LogP contribution < -0.4 is 10.1 Å². The minimum absolute atomic E-state index is 0.00678. The fourth-order valence-corrected chi connectivity index (χ4v) is 3.45. The van der Waals surface area contributed by atoms with E-state index in [0.717, 1.165) is 22.5 Å². The first kappa shape index (κ1) is 15.4. The highest BCUT2D eigenvalue weighted by molar-refractivity contribution is 7.16. The van der Waals surface area contributed by atoms with Gasteiger partial charge in [-0.15, -0.1) is 0 Å². The zero-order chi connectivity index (χ0) is 17.2. The summed E-state index contributed by atoms with van der Waals surface area (Å²) in [4.78, 5) is 9.26. The van der Waals surface area contributed by atoms with Gasteiger partial charge >= 0.3 is 0 Å². The summed E-state index contributed by atoms with van der Waals surface area (Å²) in [5.74, 6) is 0.710. The summed E-state index contributed by atoms with van der Waals surface area (Å²) in [5.41, 5.74) is 3.74. The van der Waals surface area contributed by atoms with E-state index in [9.17, 15) is 5.11 Å². The lowest BCUT2D eigenvalue weighted by Gasteiger charge is -2.07. The number of methoxy groups -OCH3 is 1. The van der Waals surface area contributed by atoms with Gasteiger partial charge in [0.1, 0.15) is 5.75 Å². The summed E-state index contributed by atoms with van der Waals surface area (Å²) in [6, 6.07) is 15.5. The van der Waals surface area contributed by atoms with Gasteiger partial charge in [0.25, 0.3) is 0 Å². The molecule has 0 fully saturated rings. The molecule has 0 bridgehead atoms. The number of rotatable bonds is 4. The second-order valence-corrected chi connectivity index (χ2v) is 6.44. The monoisotopic (exact) mass is 349 g/mol. The lowest BCUT2D eigenvalue weighted by Crippen LogP contribution is -1.93. The lowest BCUT2D eigenvalue weighted by atomic mass is 10.1. The molecule has 2 aromatic carbocycles. The van der Waals surface area contributed by atoms with Crippen LogP contribution in [-0.2, 0) is 0 Å². The van der Waals surface area contributed by atoms with E-state index in [4.69, 9.17) is 4.74 Å². The molecule has 25 heavy (non-hydrogen) atoms. The molecule has 5 nitrogen and oxygen atoms in total. The summed E-state index contributed by atoms with van der Waals surface area (Å²) >= 11 is 1.37. The van der Waals surface area contributed by atoms with Crippen LogP contribution in [0.1, 0.15) is 10.4 Å². The molecule has 1 aromatic heterocycles. The van der Waals surface area contributed by atoms with Crippen molar-refractivity contribution >= 4 is 45.7 Å². The molecule has 2 heterocycles. The van der Waals surface area contributed by atoms with Crippen molar-refractivity contribution in [2.45, 2.75) is 0 Å². The van der Waals surface area contributed by atoms with Gasteiger partial charge in [0.2, 0.25) is 5.88 Å². The highest BCUT2D eigenvalue weighted by atomic mass is 32.1. The molecule has 2 N–H and O–H groups in total. The van der Waals surface area contributed by atoms with E-state index in [1.54, 1.807) is 13.3 Å². The van der Waals surface area contributed by atoms with E-state index in [-0.39, 0.29) is 5.88 Å². The number of nitrogens with one attached hydrogen (secondary N) is 1. The number of anilines is 2. The summed E-state index contributed by atoms with van der Waals surface area (Å²) < 4.78 is 5.32. The maximum absolute atomic E-state index is 10.2. The molecule has 4 rings (SSSR count). The van der Waals surface area contributed by atoms with Crippen LogP contribution in [0.25, 0.3) is 11.6 Å². The van der Waals surface area contributed by atoms with Gasteiger partial charge in [-0.3, -0.25) is 4.99 Å². The number of para-hydroxylation sites is 3. The number of thiazole rings is 1. The number of aromatic nitrogens is 1. The van der Waals surface area contributed by atoms with E-state index in [1.165, 1.54) is 11.3 Å². The Balaban J connectivity index is 1.64. The molecule has 0 radical (unpaired) electrons. The first-order valence-corrected chi connectivity index (χ1v) is 8.51. The van der Waals surface area contributed by atoms with Crippen LogP contribution >= 0.6 is 11.3 Å². The average Bonchev–Trinajstić information content (AvgIpc) is 3.20. The molecule has 1 aliphatic rings. The largest absolute Gasteiger partial charge is 0.495 e. The minimum Gasteiger partial charge on any atom is -0.495 e. The SMILES string of the molecule is COc1ccccc1Nc1nc(O)c(/C=C2/C=Nc3ccccc32)s1. The van der Waals surface area contributed by atoms with E-state index in [2.05, 4.69) is 15.3 Å². The predicted molar refractivity (Wildman–Crippen MR) is 103 cm³/mol. The van der Waals surface area contributed by atoms with Crippen molar-refractivity contribution in [1.29, 1.82) is 0 Å². The number of hydrogen-bond acceptors (Lipinski definition) is 6. The molecule has 0 spiro atoms. The van der Waals surface area contributed by atoms with Gasteiger partial charge in [0.15, 0.2) is 5.13 Å². The number of ether oxygens (including phenoxy) is 1. The molecule has 0 saturated heterocycles. The van der Waals surface area contributed by atoms with Gasteiger partial charge in [-0.05, 0) is 24.3 Å². The number of allylic oxidation sites excluding steroid dienone is 1. The third-order valence-electron chi connectivity index (χ3n) is 3.83. The molecule has 0 aliphatic carbocycles. The maximum Gasteiger partial charge on any atom is 0.231 e. The molecule has 0 atom stereocenters. The number of benzene rings is 2. The van der Waals surface area contributed by atoms with E-state index in [1.807, 2.05) is 54.6 Å². The summed E-state index contributed by atoms with van der Waals surface area (Å²) in [7, 11) is 1.62. The number of nitrogens with zero attached hydrogens (tertiary/aromatic N) is 2. The Morgan fingerprint density at radius 3 is 2.80 bits per heavy atom. The first-order valence-electron chi connectivity index (χ1n) is 7.69. The van der Waals surface area contributed by atoms with Gasteiger partial charge < -0.3 is 15.2 Å². The van der Waals surface area contributed by atoms with Crippen molar-refractivity contribution in [2.24, 2.45) is 4.99 Å². The predicted octanol–water partition coefficient (Wildman–Crippen LogP) is 4.86. The standard InChI is InChI=1S/C19H15N3O2S/c1-24-16-9-5-4-8-15(16)21-19-22-18(23)17(25-19)10-12-11-20-14-7-3-2-6-13(12)14/h2-11,23H,1H3,(H,21,22)/b12-10-. The van der Waals surface area contributed by atoms with Gasteiger partial charge in [-0.25, -0.2) is 0 Å². The summed E-state index contributed by atoms with van der Waals surface area (Å²) in [6.07, 6.45) is 3.70. The summed E-state index contributed by atoms with van der Waals surface area (Å²) in [5, 5.41) is 14.0. The third kappa shape index (κ3) is 2.99. The van der Waals surface area contributed by atoms with Gasteiger partial charge in [-0.2, -0.15) is 4.98 Å². The van der Waals surface area contributed by atoms with E-state index in [0.29, 0.717) is 15.8 Å². The molecule has 0 amide bonds. The van der Waals surface area contributed by atoms with Gasteiger partial charge in [0.05, 0.1) is 23.4 Å². The van der Waals surface area contributed by atoms with Crippen molar-refractivity contribution in [2.75, 3.05) is 12.4 Å². The lowest BCUT2D eigenvalue weighted by molar-refractivity contribution is 0.417. The minimum atomic E-state index is -0.00678. The van der Waals surface area contributed by atoms with Crippen LogP contribution in [0.2, 0.25) is 0 Å². The number of fused-ring (bicyclic) bond motifs is 1. The molecule has 124 valence electrons. The van der Waals surface area contributed by atoms with Crippen LogP contribution in [-0.4, -0.2) is 23.4 Å². The van der Waals surface area contributed by atoms with Crippen molar-refractivity contribution in [3.05, 3.63) is 59.0 Å². The van der Waals surface area contributed by atoms with Crippen molar-refractivity contribution in [3.8, 4) is 11.6 Å². The van der Waals surface area contributed by atoms with Gasteiger partial charge in [0, 0.05) is 17.4 Å². The average molecular weight is 349 g/mol. The van der Waals surface area contributed by atoms with Gasteiger partial charge in [-0.1, -0.05) is 41.7 Å². The van der Waals surface area contributed by atoms with Crippen molar-refractivity contribution in [3.63, 3.8) is 0 Å². The zero-order valence-corrected chi connectivity index (χ0v) is 14.2. The number of hydrogen-bond donors (Lipinski definition) is 2. The van der Waals surface area contributed by atoms with E-state index >= 15 is 0 Å². The van der Waals surface area contributed by atoms with Crippen molar-refractivity contribution < 1.29 is 9.84 Å². The molecule has 6 heteroatoms. The Bertz CT molecular complexity index is 992. The van der Waals surface area contributed by atoms with Crippen LogP contribution in [0, 0.1) is 0 Å². The molecule has 0 saturated carbocycles. The summed E-state index contributed by atoms with van der Waals surface area (Å²) in [6.45, 7) is 0. The molecule has 1 aliphatic heterocycles.